The van der Waals surface area contributed by atoms with E-state index < -0.39 is 6.10 Å². The zero-order valence-electron chi connectivity index (χ0n) is 10.7. The summed E-state index contributed by atoms with van der Waals surface area (Å²) in [5.74, 6) is 0. The molecule has 17 heavy (non-hydrogen) atoms. The molecular weight excluding hydrogens is 232 g/mol. The van der Waals surface area contributed by atoms with Crippen molar-refractivity contribution in [2.24, 2.45) is 0 Å². The minimum absolute atomic E-state index is 0.331. The summed E-state index contributed by atoms with van der Waals surface area (Å²) >= 11 is 1.65. The average Bonchev–Trinajstić information content (AvgIpc) is 2.76. The lowest BCUT2D eigenvalue weighted by molar-refractivity contribution is -0.140. The molecule has 2 rings (SSSR count). The van der Waals surface area contributed by atoms with Crippen molar-refractivity contribution in [3.63, 3.8) is 0 Å². The Kier molecular flexibility index (Phi) is 4.23. The van der Waals surface area contributed by atoms with Gasteiger partial charge in [0, 0.05) is 11.5 Å². The van der Waals surface area contributed by atoms with Gasteiger partial charge >= 0.3 is 0 Å². The quantitative estimate of drug-likeness (QED) is 0.885. The maximum atomic E-state index is 10.7. The van der Waals surface area contributed by atoms with E-state index in [2.05, 4.69) is 18.4 Å². The highest BCUT2D eigenvalue weighted by molar-refractivity contribution is 7.10. The fourth-order valence-corrected chi connectivity index (χ4v) is 3.85. The molecule has 1 aliphatic rings. The fourth-order valence-electron chi connectivity index (χ4n) is 2.84. The molecule has 0 amide bonds. The fraction of sp³-hybridized carbons (Fsp3) is 0.714. The molecule has 1 unspecified atom stereocenters. The second kappa shape index (κ2) is 5.51. The van der Waals surface area contributed by atoms with Gasteiger partial charge in [-0.25, -0.2) is 0 Å². The molecule has 1 aromatic rings. The van der Waals surface area contributed by atoms with Crippen molar-refractivity contribution in [2.75, 3.05) is 6.61 Å². The molecule has 1 N–H and O–H groups in total. The topological polar surface area (TPSA) is 29.5 Å². The van der Waals surface area contributed by atoms with E-state index in [4.69, 9.17) is 4.74 Å². The molecule has 96 valence electrons. The van der Waals surface area contributed by atoms with Gasteiger partial charge in [-0.1, -0.05) is 19.3 Å². The number of aliphatic hydroxyl groups excluding tert-OH is 1. The lowest BCUT2D eigenvalue weighted by Crippen LogP contribution is -2.41. The SMILES string of the molecule is CCOC1(C(O)c2sccc2C)CCCCC1. The van der Waals surface area contributed by atoms with Gasteiger partial charge < -0.3 is 9.84 Å². The molecule has 1 aliphatic carbocycles. The molecule has 1 fully saturated rings. The largest absolute Gasteiger partial charge is 0.385 e. The molecule has 1 aromatic heterocycles. The third-order valence-corrected chi connectivity index (χ3v) is 4.85. The summed E-state index contributed by atoms with van der Waals surface area (Å²) < 4.78 is 5.97. The summed E-state index contributed by atoms with van der Waals surface area (Å²) in [5, 5.41) is 12.7. The van der Waals surface area contributed by atoms with Crippen molar-refractivity contribution in [3.8, 4) is 0 Å². The Hall–Kier alpha value is -0.380. The lowest BCUT2D eigenvalue weighted by Gasteiger charge is -2.40. The van der Waals surface area contributed by atoms with Gasteiger partial charge in [-0.2, -0.15) is 0 Å². The Balaban J connectivity index is 2.23. The summed E-state index contributed by atoms with van der Waals surface area (Å²) in [6.45, 7) is 4.77. The van der Waals surface area contributed by atoms with E-state index >= 15 is 0 Å². The molecule has 0 bridgehead atoms. The van der Waals surface area contributed by atoms with E-state index in [0.717, 1.165) is 17.7 Å². The first kappa shape index (κ1) is 13.1. The first-order valence-corrected chi connectivity index (χ1v) is 7.43. The summed E-state index contributed by atoms with van der Waals surface area (Å²) in [7, 11) is 0. The number of aryl methyl sites for hydroxylation is 1. The molecule has 0 saturated heterocycles. The second-order valence-corrected chi connectivity index (χ2v) is 5.88. The molecule has 3 heteroatoms. The zero-order valence-corrected chi connectivity index (χ0v) is 11.6. The second-order valence-electron chi connectivity index (χ2n) is 4.93. The summed E-state index contributed by atoms with van der Waals surface area (Å²) in [6.07, 6.45) is 5.12. The van der Waals surface area contributed by atoms with Crippen molar-refractivity contribution in [3.05, 3.63) is 21.9 Å². The Labute approximate surface area is 108 Å². The van der Waals surface area contributed by atoms with Gasteiger partial charge in [0.05, 0.1) is 5.60 Å². The normalized spacial score (nSPS) is 21.4. The van der Waals surface area contributed by atoms with E-state index in [1.54, 1.807) is 11.3 Å². The van der Waals surface area contributed by atoms with Gasteiger partial charge in [0.15, 0.2) is 0 Å². The van der Waals surface area contributed by atoms with Crippen LogP contribution in [0.3, 0.4) is 0 Å². The van der Waals surface area contributed by atoms with Crippen molar-refractivity contribution in [1.29, 1.82) is 0 Å². The molecule has 1 heterocycles. The first-order chi connectivity index (χ1) is 8.19. The Bertz CT molecular complexity index is 347. The highest BCUT2D eigenvalue weighted by Crippen LogP contribution is 2.43. The Morgan fingerprint density at radius 3 is 2.65 bits per heavy atom. The van der Waals surface area contributed by atoms with Crippen molar-refractivity contribution in [2.45, 2.75) is 57.7 Å². The van der Waals surface area contributed by atoms with Gasteiger partial charge in [0.1, 0.15) is 6.10 Å². The Morgan fingerprint density at radius 1 is 1.41 bits per heavy atom. The number of aliphatic hydroxyl groups is 1. The molecule has 2 nitrogen and oxygen atoms in total. The number of rotatable bonds is 4. The van der Waals surface area contributed by atoms with Crippen LogP contribution >= 0.6 is 11.3 Å². The molecule has 0 spiro atoms. The van der Waals surface area contributed by atoms with Crippen molar-refractivity contribution in [1.82, 2.24) is 0 Å². The minimum Gasteiger partial charge on any atom is -0.385 e. The molecule has 0 radical (unpaired) electrons. The zero-order chi connectivity index (χ0) is 12.3. The molecule has 1 atom stereocenters. The van der Waals surface area contributed by atoms with E-state index in [9.17, 15) is 5.11 Å². The number of ether oxygens (including phenoxy) is 1. The van der Waals surface area contributed by atoms with Crippen LogP contribution in [0.25, 0.3) is 0 Å². The number of hydrogen-bond acceptors (Lipinski definition) is 3. The van der Waals surface area contributed by atoms with Crippen molar-refractivity contribution < 1.29 is 9.84 Å². The smallest absolute Gasteiger partial charge is 0.117 e. The molecular formula is C14H22O2S. The van der Waals surface area contributed by atoms with Gasteiger partial charge in [0.2, 0.25) is 0 Å². The predicted octanol–water partition coefficient (Wildman–Crippen LogP) is 3.83. The van der Waals surface area contributed by atoms with Gasteiger partial charge in [0.25, 0.3) is 0 Å². The monoisotopic (exact) mass is 254 g/mol. The minimum atomic E-state index is -0.456. The van der Waals surface area contributed by atoms with Crippen LogP contribution in [0.5, 0.6) is 0 Å². The summed E-state index contributed by atoms with van der Waals surface area (Å²) in [6, 6.07) is 2.08. The van der Waals surface area contributed by atoms with Gasteiger partial charge in [-0.05, 0) is 43.7 Å². The number of thiophene rings is 1. The molecule has 0 aromatic carbocycles. The van der Waals surface area contributed by atoms with E-state index in [0.29, 0.717) is 6.61 Å². The van der Waals surface area contributed by atoms with Crippen LogP contribution < -0.4 is 0 Å². The first-order valence-electron chi connectivity index (χ1n) is 6.55. The van der Waals surface area contributed by atoms with Crippen LogP contribution in [0.2, 0.25) is 0 Å². The van der Waals surface area contributed by atoms with Crippen LogP contribution in [0.4, 0.5) is 0 Å². The van der Waals surface area contributed by atoms with Gasteiger partial charge in [-0.15, -0.1) is 11.3 Å². The lowest BCUT2D eigenvalue weighted by atomic mass is 9.79. The van der Waals surface area contributed by atoms with E-state index in [1.807, 2.05) is 6.92 Å². The summed E-state index contributed by atoms with van der Waals surface area (Å²) in [5.41, 5.74) is 0.856. The Morgan fingerprint density at radius 2 is 2.12 bits per heavy atom. The van der Waals surface area contributed by atoms with Gasteiger partial charge in [-0.3, -0.25) is 0 Å². The molecule has 1 saturated carbocycles. The average molecular weight is 254 g/mol. The maximum Gasteiger partial charge on any atom is 0.117 e. The van der Waals surface area contributed by atoms with Crippen LogP contribution in [0.15, 0.2) is 11.4 Å². The highest BCUT2D eigenvalue weighted by atomic mass is 32.1. The highest BCUT2D eigenvalue weighted by Gasteiger charge is 2.41. The van der Waals surface area contributed by atoms with Crippen LogP contribution in [-0.4, -0.2) is 17.3 Å². The number of hydrogen-bond donors (Lipinski definition) is 1. The molecule has 0 aliphatic heterocycles. The van der Waals surface area contributed by atoms with E-state index in [1.165, 1.54) is 24.8 Å². The third-order valence-electron chi connectivity index (χ3n) is 3.78. The maximum absolute atomic E-state index is 10.7. The predicted molar refractivity (Wildman–Crippen MR) is 71.5 cm³/mol. The van der Waals surface area contributed by atoms with Crippen molar-refractivity contribution >= 4 is 11.3 Å². The third kappa shape index (κ3) is 2.56. The van der Waals surface area contributed by atoms with Crippen LogP contribution in [0.1, 0.15) is 55.6 Å². The standard InChI is InChI=1S/C14H22O2S/c1-3-16-14(8-5-4-6-9-14)13(15)12-11(2)7-10-17-12/h7,10,13,15H,3-6,8-9H2,1-2H3. The van der Waals surface area contributed by atoms with Crippen LogP contribution in [-0.2, 0) is 4.74 Å². The summed E-state index contributed by atoms with van der Waals surface area (Å²) in [4.78, 5) is 1.08. The van der Waals surface area contributed by atoms with E-state index in [-0.39, 0.29) is 5.60 Å². The van der Waals surface area contributed by atoms with Crippen LogP contribution in [0, 0.1) is 6.92 Å².